The maximum Gasteiger partial charge on any atom is 0.251 e. The highest BCUT2D eigenvalue weighted by molar-refractivity contribution is 7.99. The summed E-state index contributed by atoms with van der Waals surface area (Å²) in [6.07, 6.45) is 0. The van der Waals surface area contributed by atoms with Gasteiger partial charge in [-0.2, -0.15) is 0 Å². The van der Waals surface area contributed by atoms with Crippen molar-refractivity contribution in [3.05, 3.63) is 71.0 Å². The van der Waals surface area contributed by atoms with E-state index in [1.165, 1.54) is 11.8 Å². The summed E-state index contributed by atoms with van der Waals surface area (Å²) in [7, 11) is 1.80. The van der Waals surface area contributed by atoms with Gasteiger partial charge in [-0.25, -0.2) is 0 Å². The summed E-state index contributed by atoms with van der Waals surface area (Å²) in [4.78, 5) is 24.5. The third kappa shape index (κ3) is 5.58. The molecule has 2 N–H and O–H groups in total. The number of carbonyl (C=O) groups excluding carboxylic acids is 2. The lowest BCUT2D eigenvalue weighted by Gasteiger charge is -2.13. The molecule has 2 aromatic carbocycles. The molecular formula is C20H20ClN5O2S. The Kier molecular flexibility index (Phi) is 6.90. The molecule has 0 bridgehead atoms. The van der Waals surface area contributed by atoms with Gasteiger partial charge >= 0.3 is 0 Å². The Hall–Kier alpha value is -2.84. The van der Waals surface area contributed by atoms with Gasteiger partial charge in [0.15, 0.2) is 11.0 Å². The first-order valence-electron chi connectivity index (χ1n) is 8.87. The van der Waals surface area contributed by atoms with Gasteiger partial charge in [0, 0.05) is 23.3 Å². The van der Waals surface area contributed by atoms with Crippen molar-refractivity contribution < 1.29 is 9.59 Å². The molecule has 3 aromatic rings. The largest absolute Gasteiger partial charge is 0.342 e. The van der Waals surface area contributed by atoms with Crippen LogP contribution in [0.15, 0.2) is 59.8 Å². The molecule has 0 radical (unpaired) electrons. The number of benzene rings is 2. The molecule has 29 heavy (non-hydrogen) atoms. The maximum atomic E-state index is 12.3. The number of hydrogen-bond donors (Lipinski definition) is 2. The van der Waals surface area contributed by atoms with Crippen molar-refractivity contribution >= 4 is 40.9 Å². The summed E-state index contributed by atoms with van der Waals surface area (Å²) in [5.74, 6) is 0.416. The highest BCUT2D eigenvalue weighted by Gasteiger charge is 2.19. The van der Waals surface area contributed by atoms with E-state index in [1.54, 1.807) is 48.0 Å². The number of nitrogens with one attached hydrogen (secondary N) is 2. The highest BCUT2D eigenvalue weighted by Crippen LogP contribution is 2.20. The minimum atomic E-state index is -0.338. The van der Waals surface area contributed by atoms with Crippen molar-refractivity contribution in [1.29, 1.82) is 0 Å². The van der Waals surface area contributed by atoms with Crippen LogP contribution in [0.3, 0.4) is 0 Å². The maximum absolute atomic E-state index is 12.3. The molecule has 0 saturated carbocycles. The van der Waals surface area contributed by atoms with Crippen LogP contribution in [0.4, 0.5) is 5.69 Å². The third-order valence-corrected chi connectivity index (χ3v) is 5.34. The number of thioether (sulfide) groups is 1. The molecule has 7 nitrogen and oxygen atoms in total. The molecule has 0 fully saturated rings. The van der Waals surface area contributed by atoms with Gasteiger partial charge in [-0.05, 0) is 37.3 Å². The van der Waals surface area contributed by atoms with Gasteiger partial charge in [0.05, 0.1) is 11.8 Å². The molecule has 0 saturated heterocycles. The van der Waals surface area contributed by atoms with E-state index in [2.05, 4.69) is 20.8 Å². The van der Waals surface area contributed by atoms with Crippen molar-refractivity contribution in [2.75, 3.05) is 11.1 Å². The molecule has 1 aromatic heterocycles. The Morgan fingerprint density at radius 3 is 2.62 bits per heavy atom. The third-order valence-electron chi connectivity index (χ3n) is 4.08. The van der Waals surface area contributed by atoms with E-state index in [-0.39, 0.29) is 23.6 Å². The minimum Gasteiger partial charge on any atom is -0.342 e. The van der Waals surface area contributed by atoms with E-state index in [4.69, 9.17) is 11.6 Å². The summed E-state index contributed by atoms with van der Waals surface area (Å²) in [5, 5.41) is 15.1. The van der Waals surface area contributed by atoms with Crippen molar-refractivity contribution in [3.8, 4) is 0 Å². The average Bonchev–Trinajstić information content (AvgIpc) is 3.07. The van der Waals surface area contributed by atoms with E-state index in [9.17, 15) is 9.59 Å². The van der Waals surface area contributed by atoms with Crippen molar-refractivity contribution in [2.24, 2.45) is 7.05 Å². The summed E-state index contributed by atoms with van der Waals surface area (Å²) >= 11 is 7.19. The second kappa shape index (κ2) is 9.58. The average molecular weight is 430 g/mol. The second-order valence-corrected chi connectivity index (χ2v) is 7.69. The van der Waals surface area contributed by atoms with Crippen LogP contribution in [-0.4, -0.2) is 32.3 Å². The quantitative estimate of drug-likeness (QED) is 0.559. The van der Waals surface area contributed by atoms with E-state index in [0.29, 0.717) is 27.3 Å². The van der Waals surface area contributed by atoms with Crippen LogP contribution < -0.4 is 10.6 Å². The van der Waals surface area contributed by atoms with Crippen LogP contribution in [-0.2, 0) is 11.8 Å². The number of amides is 2. The Labute approximate surface area is 177 Å². The first-order valence-corrected chi connectivity index (χ1v) is 10.2. The standard InChI is InChI=1S/C20H20ClN5O2S/c1-13(22-19(28)14-7-4-3-5-8-14)18-24-25-20(26(18)2)29-12-17(27)23-16-10-6-9-15(21)11-16/h3-11,13H,12H2,1-2H3,(H,22,28)(H,23,27)/t13-/m0/s1. The number of carbonyl (C=O) groups is 2. The van der Waals surface area contributed by atoms with Crippen LogP contribution in [0.2, 0.25) is 5.02 Å². The lowest BCUT2D eigenvalue weighted by atomic mass is 10.2. The summed E-state index contributed by atoms with van der Waals surface area (Å²) in [5.41, 5.74) is 1.22. The zero-order valence-electron chi connectivity index (χ0n) is 15.9. The number of halogens is 1. The molecule has 2 amide bonds. The molecule has 0 aliphatic rings. The smallest absolute Gasteiger partial charge is 0.251 e. The van der Waals surface area contributed by atoms with Gasteiger partial charge < -0.3 is 15.2 Å². The predicted octanol–water partition coefficient (Wildman–Crippen LogP) is 3.69. The van der Waals surface area contributed by atoms with Crippen LogP contribution in [0, 0.1) is 0 Å². The highest BCUT2D eigenvalue weighted by atomic mass is 35.5. The SMILES string of the molecule is C[C@H](NC(=O)c1ccccc1)c1nnc(SCC(=O)Nc2cccc(Cl)c2)n1C. The molecule has 3 rings (SSSR count). The molecule has 0 unspecified atom stereocenters. The van der Waals surface area contributed by atoms with Crippen LogP contribution >= 0.6 is 23.4 Å². The minimum absolute atomic E-state index is 0.170. The molecule has 0 spiro atoms. The number of aromatic nitrogens is 3. The van der Waals surface area contributed by atoms with Gasteiger partial charge in [-0.15, -0.1) is 10.2 Å². The first-order chi connectivity index (χ1) is 13.9. The van der Waals surface area contributed by atoms with E-state index >= 15 is 0 Å². The molecule has 1 atom stereocenters. The van der Waals surface area contributed by atoms with Crippen molar-refractivity contribution in [3.63, 3.8) is 0 Å². The van der Waals surface area contributed by atoms with E-state index in [1.807, 2.05) is 25.1 Å². The number of nitrogens with zero attached hydrogens (tertiary/aromatic N) is 3. The summed E-state index contributed by atoms with van der Waals surface area (Å²) < 4.78 is 1.77. The Morgan fingerprint density at radius 2 is 1.90 bits per heavy atom. The Balaban J connectivity index is 1.57. The zero-order chi connectivity index (χ0) is 20.8. The Bertz CT molecular complexity index is 1010. The number of anilines is 1. The zero-order valence-corrected chi connectivity index (χ0v) is 17.5. The summed E-state index contributed by atoms with van der Waals surface area (Å²) in [6, 6.07) is 15.6. The molecular weight excluding hydrogens is 410 g/mol. The molecule has 0 aliphatic heterocycles. The van der Waals surface area contributed by atoms with Crippen LogP contribution in [0.1, 0.15) is 29.1 Å². The first kappa shape index (κ1) is 20.9. The fourth-order valence-corrected chi connectivity index (χ4v) is 3.56. The van der Waals surface area contributed by atoms with Gasteiger partial charge in [0.2, 0.25) is 5.91 Å². The van der Waals surface area contributed by atoms with Gasteiger partial charge in [0.1, 0.15) is 0 Å². The lowest BCUT2D eigenvalue weighted by Crippen LogP contribution is -2.28. The fraction of sp³-hybridized carbons (Fsp3) is 0.200. The van der Waals surface area contributed by atoms with E-state index < -0.39 is 0 Å². The molecule has 0 aliphatic carbocycles. The normalized spacial score (nSPS) is 11.7. The summed E-state index contributed by atoms with van der Waals surface area (Å²) in [6.45, 7) is 1.84. The predicted molar refractivity (Wildman–Crippen MR) is 114 cm³/mol. The van der Waals surface area contributed by atoms with Gasteiger partial charge in [0.25, 0.3) is 5.91 Å². The molecule has 1 heterocycles. The Morgan fingerprint density at radius 1 is 1.14 bits per heavy atom. The fourth-order valence-electron chi connectivity index (χ4n) is 2.66. The topological polar surface area (TPSA) is 88.9 Å². The van der Waals surface area contributed by atoms with Gasteiger partial charge in [-0.1, -0.05) is 47.6 Å². The van der Waals surface area contributed by atoms with Crippen molar-refractivity contribution in [1.82, 2.24) is 20.1 Å². The number of rotatable bonds is 7. The van der Waals surface area contributed by atoms with Crippen LogP contribution in [0.5, 0.6) is 0 Å². The van der Waals surface area contributed by atoms with Crippen LogP contribution in [0.25, 0.3) is 0 Å². The van der Waals surface area contributed by atoms with Crippen molar-refractivity contribution in [2.45, 2.75) is 18.1 Å². The van der Waals surface area contributed by atoms with E-state index in [0.717, 1.165) is 0 Å². The van der Waals surface area contributed by atoms with Gasteiger partial charge in [-0.3, -0.25) is 9.59 Å². The monoisotopic (exact) mass is 429 g/mol. The second-order valence-electron chi connectivity index (χ2n) is 6.31. The lowest BCUT2D eigenvalue weighted by molar-refractivity contribution is -0.113. The molecule has 150 valence electrons. The number of hydrogen-bond acceptors (Lipinski definition) is 5. The molecule has 9 heteroatoms.